The lowest BCUT2D eigenvalue weighted by atomic mass is 10.2. The van der Waals surface area contributed by atoms with Gasteiger partial charge in [-0.1, -0.05) is 29.8 Å². The number of rotatable bonds is 4. The molecular formula is C14H12ClNO2S. The summed E-state index contributed by atoms with van der Waals surface area (Å²) in [5.74, 6) is 0.616. The van der Waals surface area contributed by atoms with E-state index in [4.69, 9.17) is 11.6 Å². The average Bonchev–Trinajstić information content (AvgIpc) is 2.39. The molecule has 0 bridgehead atoms. The molecule has 0 aromatic heterocycles. The van der Waals surface area contributed by atoms with Crippen LogP contribution in [0.3, 0.4) is 0 Å². The van der Waals surface area contributed by atoms with Crippen LogP contribution >= 0.6 is 23.4 Å². The number of nitrogens with zero attached hydrogens (tertiary/aromatic N) is 1. The maximum Gasteiger partial charge on any atom is 0.269 e. The van der Waals surface area contributed by atoms with Gasteiger partial charge in [-0.25, -0.2) is 0 Å². The SMILES string of the molecule is Cc1ccccc1SCc1cc([N+](=O)[O-])ccc1Cl. The molecule has 0 spiro atoms. The Morgan fingerprint density at radius 1 is 1.26 bits per heavy atom. The average molecular weight is 294 g/mol. The van der Waals surface area contributed by atoms with Crippen molar-refractivity contribution in [2.75, 3.05) is 0 Å². The first-order valence-corrected chi connectivity index (χ1v) is 7.05. The van der Waals surface area contributed by atoms with Crippen molar-refractivity contribution in [3.8, 4) is 0 Å². The fourth-order valence-corrected chi connectivity index (χ4v) is 2.94. The molecule has 0 amide bonds. The van der Waals surface area contributed by atoms with Crippen LogP contribution in [0.4, 0.5) is 5.69 Å². The minimum Gasteiger partial charge on any atom is -0.258 e. The minimum absolute atomic E-state index is 0.0739. The quantitative estimate of drug-likeness (QED) is 0.460. The van der Waals surface area contributed by atoms with Gasteiger partial charge in [0.1, 0.15) is 0 Å². The van der Waals surface area contributed by atoms with Crippen LogP contribution in [0.15, 0.2) is 47.4 Å². The Bertz CT molecular complexity index is 616. The van der Waals surface area contributed by atoms with Gasteiger partial charge in [0.05, 0.1) is 4.92 Å². The van der Waals surface area contributed by atoms with Gasteiger partial charge in [-0.3, -0.25) is 10.1 Å². The largest absolute Gasteiger partial charge is 0.269 e. The van der Waals surface area contributed by atoms with E-state index in [1.807, 2.05) is 31.2 Å². The van der Waals surface area contributed by atoms with Crippen molar-refractivity contribution in [1.82, 2.24) is 0 Å². The summed E-state index contributed by atoms with van der Waals surface area (Å²) in [7, 11) is 0. The fourth-order valence-electron chi connectivity index (χ4n) is 1.66. The van der Waals surface area contributed by atoms with E-state index in [0.717, 1.165) is 10.5 Å². The third-order valence-electron chi connectivity index (χ3n) is 2.72. The van der Waals surface area contributed by atoms with E-state index in [0.29, 0.717) is 10.8 Å². The summed E-state index contributed by atoms with van der Waals surface area (Å²) in [5.41, 5.74) is 2.04. The van der Waals surface area contributed by atoms with Crippen molar-refractivity contribution < 1.29 is 4.92 Å². The van der Waals surface area contributed by atoms with Crippen LogP contribution < -0.4 is 0 Å². The molecule has 3 nitrogen and oxygen atoms in total. The van der Waals surface area contributed by atoms with Crippen LogP contribution in [0.2, 0.25) is 5.02 Å². The Kier molecular flexibility index (Phi) is 4.45. The van der Waals surface area contributed by atoms with Gasteiger partial charge in [0, 0.05) is 27.8 Å². The van der Waals surface area contributed by atoms with E-state index in [1.54, 1.807) is 17.8 Å². The summed E-state index contributed by atoms with van der Waals surface area (Å²) < 4.78 is 0. The zero-order valence-electron chi connectivity index (χ0n) is 10.3. The Hall–Kier alpha value is -1.52. The van der Waals surface area contributed by atoms with Gasteiger partial charge in [0.2, 0.25) is 0 Å². The number of nitro groups is 1. The van der Waals surface area contributed by atoms with Crippen LogP contribution in [0.1, 0.15) is 11.1 Å². The third-order valence-corrected chi connectivity index (χ3v) is 4.31. The molecule has 0 atom stereocenters. The Balaban J connectivity index is 2.17. The summed E-state index contributed by atoms with van der Waals surface area (Å²) in [6.07, 6.45) is 0. The second kappa shape index (κ2) is 6.08. The highest BCUT2D eigenvalue weighted by molar-refractivity contribution is 7.98. The highest BCUT2D eigenvalue weighted by atomic mass is 35.5. The van der Waals surface area contributed by atoms with E-state index >= 15 is 0 Å². The Labute approximate surface area is 120 Å². The Morgan fingerprint density at radius 3 is 2.68 bits per heavy atom. The first kappa shape index (κ1) is 13.9. The summed E-state index contributed by atoms with van der Waals surface area (Å²) in [4.78, 5) is 11.5. The summed E-state index contributed by atoms with van der Waals surface area (Å²) >= 11 is 7.70. The summed E-state index contributed by atoms with van der Waals surface area (Å²) in [6, 6.07) is 12.6. The Morgan fingerprint density at radius 2 is 2.00 bits per heavy atom. The monoisotopic (exact) mass is 293 g/mol. The van der Waals surface area contributed by atoms with E-state index in [-0.39, 0.29) is 5.69 Å². The van der Waals surface area contributed by atoms with Gasteiger partial charge in [0.25, 0.3) is 5.69 Å². The van der Waals surface area contributed by atoms with Crippen molar-refractivity contribution in [3.05, 3.63) is 68.7 Å². The van der Waals surface area contributed by atoms with Gasteiger partial charge in [-0.2, -0.15) is 0 Å². The smallest absolute Gasteiger partial charge is 0.258 e. The highest BCUT2D eigenvalue weighted by Crippen LogP contribution is 2.30. The number of hydrogen-bond donors (Lipinski definition) is 0. The predicted octanol–water partition coefficient (Wildman–Crippen LogP) is 4.85. The van der Waals surface area contributed by atoms with Crippen LogP contribution in [0.5, 0.6) is 0 Å². The molecule has 0 fully saturated rings. The standard InChI is InChI=1S/C14H12ClNO2S/c1-10-4-2-3-5-14(10)19-9-11-8-12(16(17)18)6-7-13(11)15/h2-8H,9H2,1H3. The molecule has 2 aromatic carbocycles. The van der Waals surface area contributed by atoms with Crippen molar-refractivity contribution in [1.29, 1.82) is 0 Å². The van der Waals surface area contributed by atoms with Gasteiger partial charge in [0.15, 0.2) is 0 Å². The second-order valence-electron chi connectivity index (χ2n) is 4.09. The number of aryl methyl sites for hydroxylation is 1. The lowest BCUT2D eigenvalue weighted by Gasteiger charge is -2.06. The molecule has 0 saturated heterocycles. The molecule has 5 heteroatoms. The van der Waals surface area contributed by atoms with Gasteiger partial charge in [-0.15, -0.1) is 11.8 Å². The van der Waals surface area contributed by atoms with E-state index in [2.05, 4.69) is 0 Å². The minimum atomic E-state index is -0.405. The predicted molar refractivity (Wildman–Crippen MR) is 78.8 cm³/mol. The molecule has 0 aliphatic carbocycles. The molecule has 0 aliphatic heterocycles. The van der Waals surface area contributed by atoms with Crippen molar-refractivity contribution in [2.24, 2.45) is 0 Å². The number of benzene rings is 2. The number of nitro benzene ring substituents is 1. The molecule has 0 saturated carbocycles. The third kappa shape index (κ3) is 3.49. The first-order valence-electron chi connectivity index (χ1n) is 5.69. The molecule has 19 heavy (non-hydrogen) atoms. The first-order chi connectivity index (χ1) is 9.08. The van der Waals surface area contributed by atoms with Crippen LogP contribution in [-0.2, 0) is 5.75 Å². The van der Waals surface area contributed by atoms with Crippen LogP contribution in [-0.4, -0.2) is 4.92 Å². The van der Waals surface area contributed by atoms with Crippen molar-refractivity contribution in [2.45, 2.75) is 17.6 Å². The zero-order valence-corrected chi connectivity index (χ0v) is 11.9. The molecule has 0 unspecified atom stereocenters. The van der Waals surface area contributed by atoms with E-state index < -0.39 is 4.92 Å². The lowest BCUT2D eigenvalue weighted by molar-refractivity contribution is -0.384. The number of hydrogen-bond acceptors (Lipinski definition) is 3. The van der Waals surface area contributed by atoms with Crippen LogP contribution in [0, 0.1) is 17.0 Å². The van der Waals surface area contributed by atoms with E-state index in [1.165, 1.54) is 17.7 Å². The van der Waals surface area contributed by atoms with Crippen molar-refractivity contribution >= 4 is 29.1 Å². The summed E-state index contributed by atoms with van der Waals surface area (Å²) in [5, 5.41) is 11.3. The highest BCUT2D eigenvalue weighted by Gasteiger charge is 2.10. The molecule has 0 radical (unpaired) electrons. The van der Waals surface area contributed by atoms with Crippen LogP contribution in [0.25, 0.3) is 0 Å². The van der Waals surface area contributed by atoms with Gasteiger partial charge in [-0.05, 0) is 30.2 Å². The normalized spacial score (nSPS) is 10.4. The molecule has 0 aliphatic rings. The van der Waals surface area contributed by atoms with E-state index in [9.17, 15) is 10.1 Å². The molecule has 98 valence electrons. The fraction of sp³-hybridized carbons (Fsp3) is 0.143. The maximum atomic E-state index is 10.7. The lowest BCUT2D eigenvalue weighted by Crippen LogP contribution is -1.91. The molecule has 2 rings (SSSR count). The summed E-state index contributed by atoms with van der Waals surface area (Å²) in [6.45, 7) is 2.04. The molecular weight excluding hydrogens is 282 g/mol. The molecule has 0 N–H and O–H groups in total. The number of non-ortho nitro benzene ring substituents is 1. The molecule has 0 heterocycles. The second-order valence-corrected chi connectivity index (χ2v) is 5.51. The topological polar surface area (TPSA) is 43.1 Å². The zero-order chi connectivity index (χ0) is 13.8. The van der Waals surface area contributed by atoms with Gasteiger partial charge >= 0.3 is 0 Å². The van der Waals surface area contributed by atoms with Gasteiger partial charge < -0.3 is 0 Å². The number of halogens is 1. The molecule has 2 aromatic rings. The maximum absolute atomic E-state index is 10.7. The number of thioether (sulfide) groups is 1. The van der Waals surface area contributed by atoms with Crippen molar-refractivity contribution in [3.63, 3.8) is 0 Å².